The summed E-state index contributed by atoms with van der Waals surface area (Å²) in [5.41, 5.74) is 0. The molecule has 0 unspecified atom stereocenters. The Morgan fingerprint density at radius 3 is 1.62 bits per heavy atom. The van der Waals surface area contributed by atoms with E-state index < -0.39 is 25.0 Å². The van der Waals surface area contributed by atoms with Crippen LogP contribution in [0.3, 0.4) is 0 Å². The van der Waals surface area contributed by atoms with Gasteiger partial charge in [0.05, 0.1) is 18.3 Å². The topological polar surface area (TPSA) is 46.2 Å². The summed E-state index contributed by atoms with van der Waals surface area (Å²) in [6.45, 7) is 39.1. The molecule has 0 aromatic carbocycles. The predicted molar refractivity (Wildman–Crippen MR) is 178 cm³/mol. The molecule has 2 rings (SSSR count). The highest BCUT2D eigenvalue weighted by molar-refractivity contribution is 6.75. The van der Waals surface area contributed by atoms with Gasteiger partial charge in [0.2, 0.25) is 0 Å². The number of hydrogen-bond donors (Lipinski definition) is 0. The summed E-state index contributed by atoms with van der Waals surface area (Å²) in [6.07, 6.45) is 6.42. The minimum absolute atomic E-state index is 0.0300. The molecule has 0 aliphatic carbocycles. The molecule has 0 N–H and O–H groups in total. The van der Waals surface area contributed by atoms with Crippen molar-refractivity contribution in [3.63, 3.8) is 0 Å². The van der Waals surface area contributed by atoms with E-state index in [2.05, 4.69) is 128 Å². The maximum atomic E-state index is 7.40. The quantitative estimate of drug-likeness (QED) is 0.191. The molecular formula is C32H66O5Si3. The Morgan fingerprint density at radius 1 is 0.725 bits per heavy atom. The van der Waals surface area contributed by atoms with Crippen molar-refractivity contribution in [2.75, 3.05) is 0 Å². The Hall–Kier alpha value is 0.191. The van der Waals surface area contributed by atoms with Gasteiger partial charge in [-0.1, -0.05) is 81.4 Å². The smallest absolute Gasteiger partial charge is 0.193 e. The summed E-state index contributed by atoms with van der Waals surface area (Å²) in [5.74, 6) is 0. The molecule has 2 fully saturated rings. The maximum Gasteiger partial charge on any atom is 0.193 e. The Kier molecular flexibility index (Phi) is 11.5. The second-order valence-electron chi connectivity index (χ2n) is 16.9. The van der Waals surface area contributed by atoms with Crippen molar-refractivity contribution in [1.82, 2.24) is 0 Å². The van der Waals surface area contributed by atoms with Crippen LogP contribution in [0.2, 0.25) is 54.4 Å². The normalized spacial score (nSPS) is 30.4. The molecule has 236 valence electrons. The number of ether oxygens (including phenoxy) is 2. The van der Waals surface area contributed by atoms with Crippen LogP contribution in [-0.2, 0) is 22.8 Å². The molecule has 2 aliphatic heterocycles. The fourth-order valence-corrected chi connectivity index (χ4v) is 8.62. The Balaban J connectivity index is 2.72. The molecule has 0 radical (unpaired) electrons. The van der Waals surface area contributed by atoms with E-state index in [1.165, 1.54) is 0 Å². The van der Waals surface area contributed by atoms with Crippen LogP contribution < -0.4 is 0 Å². The van der Waals surface area contributed by atoms with Crippen molar-refractivity contribution in [2.45, 2.75) is 193 Å². The van der Waals surface area contributed by atoms with Crippen LogP contribution in [0.1, 0.15) is 95.4 Å². The fraction of sp³-hybridized carbons (Fsp3) is 0.938. The Morgan fingerprint density at radius 2 is 1.20 bits per heavy atom. The van der Waals surface area contributed by atoms with E-state index in [9.17, 15) is 0 Å². The second-order valence-corrected chi connectivity index (χ2v) is 31.2. The number of hydrogen-bond acceptors (Lipinski definition) is 5. The van der Waals surface area contributed by atoms with Crippen molar-refractivity contribution >= 4 is 25.0 Å². The van der Waals surface area contributed by atoms with Gasteiger partial charge in [0, 0.05) is 0 Å². The van der Waals surface area contributed by atoms with Crippen LogP contribution in [0.4, 0.5) is 0 Å². The van der Waals surface area contributed by atoms with Gasteiger partial charge in [0.25, 0.3) is 0 Å². The molecule has 2 aliphatic rings. The first kappa shape index (κ1) is 36.4. The molecule has 0 aromatic heterocycles. The average Bonchev–Trinajstić information content (AvgIpc) is 2.77. The van der Waals surface area contributed by atoms with E-state index in [-0.39, 0.29) is 57.8 Å². The van der Waals surface area contributed by atoms with Gasteiger partial charge in [0.1, 0.15) is 24.4 Å². The van der Waals surface area contributed by atoms with Gasteiger partial charge in [-0.25, -0.2) is 0 Å². The van der Waals surface area contributed by atoms with E-state index in [1.54, 1.807) is 0 Å². The molecule has 2 saturated heterocycles. The lowest BCUT2D eigenvalue weighted by molar-refractivity contribution is -0.266. The zero-order valence-electron chi connectivity index (χ0n) is 29.4. The van der Waals surface area contributed by atoms with Gasteiger partial charge in [-0.3, -0.25) is 0 Å². The van der Waals surface area contributed by atoms with E-state index in [0.29, 0.717) is 0 Å². The zero-order chi connectivity index (χ0) is 31.1. The third-order valence-electron chi connectivity index (χ3n) is 10.7. The summed E-state index contributed by atoms with van der Waals surface area (Å²) >= 11 is 0. The molecule has 0 spiro atoms. The van der Waals surface area contributed by atoms with Gasteiger partial charge in [0.15, 0.2) is 25.0 Å². The van der Waals surface area contributed by atoms with Gasteiger partial charge in [-0.05, 0) is 80.6 Å². The summed E-state index contributed by atoms with van der Waals surface area (Å²) < 4.78 is 35.9. The highest BCUT2D eigenvalue weighted by atomic mass is 28.4. The van der Waals surface area contributed by atoms with E-state index in [1.807, 2.05) is 0 Å². The van der Waals surface area contributed by atoms with Crippen LogP contribution in [0, 0.1) is 0 Å². The summed E-state index contributed by atoms with van der Waals surface area (Å²) in [7, 11) is -6.50. The fourth-order valence-electron chi connectivity index (χ4n) is 4.77. The summed E-state index contributed by atoms with van der Waals surface area (Å²) in [5, 5.41) is 0.196. The van der Waals surface area contributed by atoms with E-state index in [0.717, 1.165) is 19.3 Å². The average molecular weight is 615 g/mol. The van der Waals surface area contributed by atoms with Gasteiger partial charge < -0.3 is 22.8 Å². The molecule has 40 heavy (non-hydrogen) atoms. The monoisotopic (exact) mass is 614 g/mol. The molecule has 8 heteroatoms. The van der Waals surface area contributed by atoms with Crippen molar-refractivity contribution in [3.05, 3.63) is 12.2 Å². The highest BCUT2D eigenvalue weighted by Crippen LogP contribution is 2.47. The van der Waals surface area contributed by atoms with E-state index >= 15 is 0 Å². The van der Waals surface area contributed by atoms with Gasteiger partial charge in [-0.2, -0.15) is 0 Å². The largest absolute Gasteiger partial charge is 0.408 e. The molecular weight excluding hydrogens is 549 g/mol. The third-order valence-corrected chi connectivity index (χ3v) is 24.1. The van der Waals surface area contributed by atoms with E-state index in [4.69, 9.17) is 22.8 Å². The Labute approximate surface area is 251 Å². The van der Waals surface area contributed by atoms with Crippen LogP contribution in [0.25, 0.3) is 0 Å². The number of allylic oxidation sites excluding steroid dienone is 1. The molecule has 0 saturated carbocycles. The molecule has 5 nitrogen and oxygen atoms in total. The van der Waals surface area contributed by atoms with Gasteiger partial charge >= 0.3 is 0 Å². The summed E-state index contributed by atoms with van der Waals surface area (Å²) in [6, 6.07) is 0. The standard InChI is InChI=1S/C32H66O5Si3/c1-18-20-25(35-38(12,13)30(3,4)5)27-29(37-40(16,17)32(9,10)11)28(36-39(14,15)31(6,7)8)26-24(34-27)22-21-23(19-2)33-26/h18,20,23-29H,19,21-22H2,1-17H3/b20-18+/t23-,24-,25-,26-,27-,28-,29+/m0/s1. The minimum Gasteiger partial charge on any atom is -0.408 e. The lowest BCUT2D eigenvalue weighted by atomic mass is 9.87. The Bertz CT molecular complexity index is 850. The van der Waals surface area contributed by atoms with Crippen molar-refractivity contribution < 1.29 is 22.8 Å². The number of fused-ring (bicyclic) bond motifs is 1. The summed E-state index contributed by atoms with van der Waals surface area (Å²) in [4.78, 5) is 0. The molecule has 7 atom stereocenters. The lowest BCUT2D eigenvalue weighted by Gasteiger charge is -2.56. The predicted octanol–water partition coefficient (Wildman–Crippen LogP) is 9.46. The molecule has 0 aromatic rings. The first-order valence-corrected chi connectivity index (χ1v) is 24.6. The SMILES string of the molecule is C/C=C/[C@H](O[Si](C)(C)C(C)(C)C)[C@@H]1O[C@H]2CC[C@H](CC)O[C@@H]2[C@H](O[Si](C)(C)C(C)(C)C)[C@@H]1O[Si](C)(C)C(C)(C)C. The van der Waals surface area contributed by atoms with Crippen LogP contribution in [0.5, 0.6) is 0 Å². The van der Waals surface area contributed by atoms with Crippen LogP contribution in [-0.4, -0.2) is 67.7 Å². The molecule has 0 bridgehead atoms. The minimum atomic E-state index is -2.21. The van der Waals surface area contributed by atoms with Crippen LogP contribution >= 0.6 is 0 Å². The first-order chi connectivity index (χ1) is 17.9. The third kappa shape index (κ3) is 8.21. The van der Waals surface area contributed by atoms with Crippen LogP contribution in [0.15, 0.2) is 12.2 Å². The lowest BCUT2D eigenvalue weighted by Crippen LogP contribution is -2.69. The molecule has 0 amide bonds. The van der Waals surface area contributed by atoms with Crippen molar-refractivity contribution in [2.24, 2.45) is 0 Å². The zero-order valence-corrected chi connectivity index (χ0v) is 32.4. The maximum absolute atomic E-state index is 7.40. The first-order valence-electron chi connectivity index (χ1n) is 15.9. The highest BCUT2D eigenvalue weighted by Gasteiger charge is 2.57. The van der Waals surface area contributed by atoms with Crippen molar-refractivity contribution in [3.8, 4) is 0 Å². The number of rotatable bonds is 9. The second kappa shape index (κ2) is 12.7. The molecule has 2 heterocycles. The van der Waals surface area contributed by atoms with Crippen molar-refractivity contribution in [1.29, 1.82) is 0 Å². The van der Waals surface area contributed by atoms with Gasteiger partial charge in [-0.15, -0.1) is 0 Å².